The van der Waals surface area contributed by atoms with Crippen LogP contribution in [0.4, 0.5) is 0 Å². The zero-order chi connectivity index (χ0) is 13.2. The summed E-state index contributed by atoms with van der Waals surface area (Å²) in [5.74, 6) is 0.647. The Labute approximate surface area is 123 Å². The minimum absolute atomic E-state index is 0.508. The molecule has 2 unspecified atom stereocenters. The van der Waals surface area contributed by atoms with Crippen LogP contribution in [-0.2, 0) is 12.8 Å². The molecule has 3 rings (SSSR count). The van der Waals surface area contributed by atoms with Crippen LogP contribution in [0.15, 0.2) is 53.0 Å². The van der Waals surface area contributed by atoms with Gasteiger partial charge < -0.3 is 5.32 Å². The molecule has 1 aliphatic carbocycles. The van der Waals surface area contributed by atoms with E-state index in [9.17, 15) is 0 Å². The van der Waals surface area contributed by atoms with Gasteiger partial charge in [-0.2, -0.15) is 0 Å². The van der Waals surface area contributed by atoms with E-state index in [4.69, 9.17) is 0 Å². The van der Waals surface area contributed by atoms with E-state index in [1.807, 2.05) is 0 Å². The van der Waals surface area contributed by atoms with Crippen LogP contribution in [-0.4, -0.2) is 13.1 Å². The highest BCUT2D eigenvalue weighted by Crippen LogP contribution is 2.38. The maximum atomic E-state index is 3.65. The SMILES string of the molecule is CNC(Cc1ccccc1Br)C1Cc2ccccc21. The van der Waals surface area contributed by atoms with E-state index in [1.165, 1.54) is 27.6 Å². The van der Waals surface area contributed by atoms with E-state index in [0.717, 1.165) is 6.42 Å². The van der Waals surface area contributed by atoms with Gasteiger partial charge in [0.1, 0.15) is 0 Å². The molecule has 1 aliphatic rings. The molecule has 0 bridgehead atoms. The van der Waals surface area contributed by atoms with Gasteiger partial charge >= 0.3 is 0 Å². The number of hydrogen-bond acceptors (Lipinski definition) is 1. The molecule has 0 aromatic heterocycles. The Morgan fingerprint density at radius 2 is 1.89 bits per heavy atom. The highest BCUT2D eigenvalue weighted by atomic mass is 79.9. The Balaban J connectivity index is 1.79. The smallest absolute Gasteiger partial charge is 0.0207 e. The Hall–Kier alpha value is -1.12. The summed E-state index contributed by atoms with van der Waals surface area (Å²) in [6, 6.07) is 17.8. The summed E-state index contributed by atoms with van der Waals surface area (Å²) >= 11 is 3.65. The Bertz CT molecular complexity index is 579. The van der Waals surface area contributed by atoms with E-state index >= 15 is 0 Å². The van der Waals surface area contributed by atoms with Gasteiger partial charge in [-0.1, -0.05) is 58.4 Å². The van der Waals surface area contributed by atoms with Gasteiger partial charge in [-0.25, -0.2) is 0 Å². The van der Waals surface area contributed by atoms with Crippen molar-refractivity contribution in [2.45, 2.75) is 24.8 Å². The Kier molecular flexibility index (Phi) is 3.72. The van der Waals surface area contributed by atoms with Gasteiger partial charge in [0.25, 0.3) is 0 Å². The van der Waals surface area contributed by atoms with Gasteiger partial charge in [0.2, 0.25) is 0 Å². The summed E-state index contributed by atoms with van der Waals surface area (Å²) in [6.45, 7) is 0. The van der Waals surface area contributed by atoms with Crippen LogP contribution in [0.3, 0.4) is 0 Å². The first kappa shape index (κ1) is 12.9. The fraction of sp³-hybridized carbons (Fsp3) is 0.294. The molecule has 0 spiro atoms. The molecule has 2 aromatic carbocycles. The maximum Gasteiger partial charge on any atom is 0.0207 e. The minimum atomic E-state index is 0.508. The lowest BCUT2D eigenvalue weighted by Crippen LogP contribution is -2.39. The highest BCUT2D eigenvalue weighted by Gasteiger charge is 2.31. The fourth-order valence-corrected chi connectivity index (χ4v) is 3.45. The van der Waals surface area contributed by atoms with E-state index < -0.39 is 0 Å². The van der Waals surface area contributed by atoms with Gasteiger partial charge in [0.15, 0.2) is 0 Å². The molecule has 0 saturated carbocycles. The topological polar surface area (TPSA) is 12.0 Å². The van der Waals surface area contributed by atoms with E-state index in [2.05, 4.69) is 76.8 Å². The molecule has 0 amide bonds. The summed E-state index contributed by atoms with van der Waals surface area (Å²) in [5.41, 5.74) is 4.42. The lowest BCUT2D eigenvalue weighted by atomic mass is 9.72. The van der Waals surface area contributed by atoms with Gasteiger partial charge in [0, 0.05) is 16.4 Å². The van der Waals surface area contributed by atoms with E-state index in [0.29, 0.717) is 12.0 Å². The first-order valence-corrected chi connectivity index (χ1v) is 7.57. The summed E-state index contributed by atoms with van der Waals surface area (Å²) in [4.78, 5) is 0. The van der Waals surface area contributed by atoms with E-state index in [-0.39, 0.29) is 0 Å². The second-order valence-corrected chi connectivity index (χ2v) is 6.05. The number of fused-ring (bicyclic) bond motifs is 1. The zero-order valence-corrected chi connectivity index (χ0v) is 12.7. The normalized spacial score (nSPS) is 18.5. The van der Waals surface area contributed by atoms with Crippen LogP contribution in [0.1, 0.15) is 22.6 Å². The number of halogens is 1. The molecule has 1 nitrogen and oxygen atoms in total. The monoisotopic (exact) mass is 315 g/mol. The summed E-state index contributed by atoms with van der Waals surface area (Å²) in [6.07, 6.45) is 2.27. The molecule has 0 aliphatic heterocycles. The molecule has 0 saturated heterocycles. The summed E-state index contributed by atoms with van der Waals surface area (Å²) in [5, 5.41) is 3.50. The molecule has 2 atom stereocenters. The van der Waals surface area contributed by atoms with Crippen molar-refractivity contribution in [3.8, 4) is 0 Å². The van der Waals surface area contributed by atoms with Crippen molar-refractivity contribution in [1.29, 1.82) is 0 Å². The van der Waals surface area contributed by atoms with Crippen molar-refractivity contribution < 1.29 is 0 Å². The van der Waals surface area contributed by atoms with Crippen LogP contribution in [0, 0.1) is 0 Å². The third kappa shape index (κ3) is 2.47. The van der Waals surface area contributed by atoms with Crippen LogP contribution in [0.2, 0.25) is 0 Å². The Morgan fingerprint density at radius 3 is 2.63 bits per heavy atom. The average molecular weight is 316 g/mol. The summed E-state index contributed by atoms with van der Waals surface area (Å²) < 4.78 is 1.21. The Morgan fingerprint density at radius 1 is 1.16 bits per heavy atom. The first-order chi connectivity index (χ1) is 9.29. The molecular weight excluding hydrogens is 298 g/mol. The third-order valence-corrected chi connectivity index (χ3v) is 4.92. The minimum Gasteiger partial charge on any atom is -0.316 e. The zero-order valence-electron chi connectivity index (χ0n) is 11.1. The molecule has 2 aromatic rings. The molecule has 2 heteroatoms. The van der Waals surface area contributed by atoms with Crippen molar-refractivity contribution in [3.63, 3.8) is 0 Å². The maximum absolute atomic E-state index is 3.65. The van der Waals surface area contributed by atoms with Crippen LogP contribution < -0.4 is 5.32 Å². The molecule has 0 radical (unpaired) electrons. The van der Waals surface area contributed by atoms with Gasteiger partial charge in [-0.05, 0) is 42.6 Å². The number of benzene rings is 2. The lowest BCUT2D eigenvalue weighted by Gasteiger charge is -2.36. The van der Waals surface area contributed by atoms with Crippen LogP contribution in [0.5, 0.6) is 0 Å². The molecule has 0 fully saturated rings. The van der Waals surface area contributed by atoms with E-state index in [1.54, 1.807) is 0 Å². The lowest BCUT2D eigenvalue weighted by molar-refractivity contribution is 0.422. The van der Waals surface area contributed by atoms with Crippen molar-refractivity contribution in [2.24, 2.45) is 0 Å². The second kappa shape index (κ2) is 5.48. The predicted molar refractivity (Wildman–Crippen MR) is 83.6 cm³/mol. The fourth-order valence-electron chi connectivity index (χ4n) is 3.00. The predicted octanol–water partition coefficient (Wildman–Crippen LogP) is 3.92. The molecule has 98 valence electrons. The van der Waals surface area contributed by atoms with Crippen LogP contribution >= 0.6 is 15.9 Å². The van der Waals surface area contributed by atoms with Crippen molar-refractivity contribution >= 4 is 15.9 Å². The third-order valence-electron chi connectivity index (χ3n) is 4.15. The van der Waals surface area contributed by atoms with Gasteiger partial charge in [-0.3, -0.25) is 0 Å². The largest absolute Gasteiger partial charge is 0.316 e. The van der Waals surface area contributed by atoms with Gasteiger partial charge in [-0.15, -0.1) is 0 Å². The average Bonchev–Trinajstić information content (AvgIpc) is 2.41. The molecule has 1 N–H and O–H groups in total. The quantitative estimate of drug-likeness (QED) is 0.901. The van der Waals surface area contributed by atoms with Crippen molar-refractivity contribution in [2.75, 3.05) is 7.05 Å². The number of hydrogen-bond donors (Lipinski definition) is 1. The second-order valence-electron chi connectivity index (χ2n) is 5.20. The molecular formula is C17H18BrN. The number of nitrogens with one attached hydrogen (secondary N) is 1. The summed E-state index contributed by atoms with van der Waals surface area (Å²) in [7, 11) is 2.07. The van der Waals surface area contributed by atoms with Crippen LogP contribution in [0.25, 0.3) is 0 Å². The molecule has 19 heavy (non-hydrogen) atoms. The van der Waals surface area contributed by atoms with Gasteiger partial charge in [0.05, 0.1) is 0 Å². The standard InChI is InChI=1S/C17H18BrN/c1-19-17(11-13-7-3-5-9-16(13)18)15-10-12-6-2-4-8-14(12)15/h2-9,15,17,19H,10-11H2,1H3. The van der Waals surface area contributed by atoms with Crippen molar-refractivity contribution in [3.05, 3.63) is 69.7 Å². The number of rotatable bonds is 4. The first-order valence-electron chi connectivity index (χ1n) is 6.78. The molecule has 0 heterocycles. The number of likely N-dealkylation sites (N-methyl/N-ethyl adjacent to an activating group) is 1. The highest BCUT2D eigenvalue weighted by molar-refractivity contribution is 9.10. The van der Waals surface area contributed by atoms with Crippen molar-refractivity contribution in [1.82, 2.24) is 5.32 Å².